The fourth-order valence-corrected chi connectivity index (χ4v) is 1.36. The maximum atomic E-state index is 11.9. The van der Waals surface area contributed by atoms with Crippen LogP contribution >= 0.6 is 0 Å². The van der Waals surface area contributed by atoms with Crippen LogP contribution < -0.4 is 10.6 Å². The van der Waals surface area contributed by atoms with Crippen molar-refractivity contribution in [3.05, 3.63) is 29.8 Å². The van der Waals surface area contributed by atoms with Crippen LogP contribution in [0, 0.1) is 5.41 Å². The highest BCUT2D eigenvalue weighted by molar-refractivity contribution is 5.95. The Labute approximate surface area is 104 Å². The molecule has 0 aromatic heterocycles. The third-order valence-electron chi connectivity index (χ3n) is 3.10. The topological polar surface area (TPSA) is 41.1 Å². The molecule has 0 saturated carbocycles. The predicted molar refractivity (Wildman–Crippen MR) is 72.4 cm³/mol. The summed E-state index contributed by atoms with van der Waals surface area (Å²) in [6, 6.07) is 7.50. The highest BCUT2D eigenvalue weighted by Gasteiger charge is 2.16. The quantitative estimate of drug-likeness (QED) is 0.822. The molecule has 1 aromatic carbocycles. The normalized spacial score (nSPS) is 11.1. The lowest BCUT2D eigenvalue weighted by molar-refractivity contribution is 0.0936. The Morgan fingerprint density at radius 1 is 1.35 bits per heavy atom. The molecule has 0 unspecified atom stereocenters. The maximum Gasteiger partial charge on any atom is 0.251 e. The number of nitrogens with one attached hydrogen (secondary N) is 2. The Hall–Kier alpha value is -1.51. The van der Waals surface area contributed by atoms with E-state index in [-0.39, 0.29) is 11.3 Å². The van der Waals surface area contributed by atoms with Crippen molar-refractivity contribution in [3.63, 3.8) is 0 Å². The summed E-state index contributed by atoms with van der Waals surface area (Å²) in [6.07, 6.45) is 1.05. The van der Waals surface area contributed by atoms with E-state index in [1.54, 1.807) is 0 Å². The molecule has 3 heteroatoms. The van der Waals surface area contributed by atoms with Gasteiger partial charge in [0.15, 0.2) is 0 Å². The Morgan fingerprint density at radius 2 is 2.06 bits per heavy atom. The van der Waals surface area contributed by atoms with Crippen molar-refractivity contribution < 1.29 is 4.79 Å². The van der Waals surface area contributed by atoms with Gasteiger partial charge in [0.2, 0.25) is 0 Å². The lowest BCUT2D eigenvalue weighted by atomic mass is 9.90. The summed E-state index contributed by atoms with van der Waals surface area (Å²) < 4.78 is 0. The second-order valence-corrected chi connectivity index (χ2v) is 5.03. The van der Waals surface area contributed by atoms with E-state index >= 15 is 0 Å². The highest BCUT2D eigenvalue weighted by Crippen LogP contribution is 2.18. The van der Waals surface area contributed by atoms with Gasteiger partial charge in [-0.25, -0.2) is 0 Å². The summed E-state index contributed by atoms with van der Waals surface area (Å²) in [7, 11) is 1.84. The van der Waals surface area contributed by atoms with Gasteiger partial charge in [0.05, 0.1) is 0 Å². The third-order valence-corrected chi connectivity index (χ3v) is 3.10. The number of benzene rings is 1. The van der Waals surface area contributed by atoms with Gasteiger partial charge in [0.25, 0.3) is 5.91 Å². The van der Waals surface area contributed by atoms with Crippen LogP contribution in [0.3, 0.4) is 0 Å². The molecule has 1 amide bonds. The molecule has 0 aliphatic heterocycles. The molecule has 3 nitrogen and oxygen atoms in total. The van der Waals surface area contributed by atoms with E-state index in [0.717, 1.165) is 12.1 Å². The van der Waals surface area contributed by atoms with Gasteiger partial charge in [-0.05, 0) is 30.0 Å². The highest BCUT2D eigenvalue weighted by atomic mass is 16.1. The number of amides is 1. The Bertz CT molecular complexity index is 386. The molecule has 0 spiro atoms. The molecule has 0 bridgehead atoms. The smallest absolute Gasteiger partial charge is 0.251 e. The molecule has 1 aromatic rings. The average Bonchev–Trinajstić information content (AvgIpc) is 2.36. The molecule has 0 atom stereocenters. The molecule has 0 aliphatic carbocycles. The molecule has 0 aliphatic rings. The van der Waals surface area contributed by atoms with Crippen molar-refractivity contribution in [1.29, 1.82) is 0 Å². The van der Waals surface area contributed by atoms with E-state index in [4.69, 9.17) is 0 Å². The molecule has 0 heterocycles. The van der Waals surface area contributed by atoms with Crippen LogP contribution in [0.25, 0.3) is 0 Å². The molecular weight excluding hydrogens is 212 g/mol. The predicted octanol–water partition coefficient (Wildman–Crippen LogP) is 2.89. The van der Waals surface area contributed by atoms with Gasteiger partial charge in [-0.15, -0.1) is 0 Å². The van der Waals surface area contributed by atoms with Crippen LogP contribution in [0.15, 0.2) is 24.3 Å². The Morgan fingerprint density at radius 3 is 2.65 bits per heavy atom. The number of carbonyl (C=O) groups is 1. The Kier molecular flexibility index (Phi) is 4.55. The Balaban J connectivity index is 2.64. The number of anilines is 1. The van der Waals surface area contributed by atoms with E-state index in [2.05, 4.69) is 31.4 Å². The molecular formula is C14H22N2O. The molecule has 1 rings (SSSR count). The largest absolute Gasteiger partial charge is 0.388 e. The van der Waals surface area contributed by atoms with Crippen molar-refractivity contribution in [1.82, 2.24) is 5.32 Å². The van der Waals surface area contributed by atoms with E-state index in [1.807, 2.05) is 31.3 Å². The summed E-state index contributed by atoms with van der Waals surface area (Å²) in [4.78, 5) is 11.9. The fourth-order valence-electron chi connectivity index (χ4n) is 1.36. The maximum absolute atomic E-state index is 11.9. The zero-order chi connectivity index (χ0) is 12.9. The SMILES string of the molecule is CCC(C)(C)CNC(=O)c1cccc(NC)c1. The zero-order valence-corrected chi connectivity index (χ0v) is 11.1. The standard InChI is InChI=1S/C14H22N2O/c1-5-14(2,3)10-16-13(17)11-7-6-8-12(9-11)15-4/h6-9,15H,5,10H2,1-4H3,(H,16,17). The summed E-state index contributed by atoms with van der Waals surface area (Å²) >= 11 is 0. The van der Waals surface area contributed by atoms with Crippen molar-refractivity contribution in [3.8, 4) is 0 Å². The molecule has 0 fully saturated rings. The second-order valence-electron chi connectivity index (χ2n) is 5.03. The minimum absolute atomic E-state index is 0.0105. The summed E-state index contributed by atoms with van der Waals surface area (Å²) in [5, 5.41) is 6.00. The number of hydrogen-bond donors (Lipinski definition) is 2. The zero-order valence-electron chi connectivity index (χ0n) is 11.1. The summed E-state index contributed by atoms with van der Waals surface area (Å²) in [5.41, 5.74) is 1.80. The second kappa shape index (κ2) is 5.71. The van der Waals surface area contributed by atoms with E-state index < -0.39 is 0 Å². The third kappa shape index (κ3) is 4.10. The lowest BCUT2D eigenvalue weighted by Gasteiger charge is -2.22. The first-order chi connectivity index (χ1) is 7.98. The molecule has 0 radical (unpaired) electrons. The van der Waals surface area contributed by atoms with Crippen molar-refractivity contribution in [2.75, 3.05) is 18.9 Å². The van der Waals surface area contributed by atoms with Crippen LogP contribution in [0.2, 0.25) is 0 Å². The van der Waals surface area contributed by atoms with Crippen LogP contribution in [-0.2, 0) is 0 Å². The molecule has 0 saturated heterocycles. The first-order valence-electron chi connectivity index (χ1n) is 6.04. The van der Waals surface area contributed by atoms with Crippen molar-refractivity contribution >= 4 is 11.6 Å². The van der Waals surface area contributed by atoms with Crippen molar-refractivity contribution in [2.45, 2.75) is 27.2 Å². The van der Waals surface area contributed by atoms with Crippen LogP contribution in [0.1, 0.15) is 37.6 Å². The number of rotatable bonds is 5. The lowest BCUT2D eigenvalue weighted by Crippen LogP contribution is -2.33. The van der Waals surface area contributed by atoms with Crippen LogP contribution in [-0.4, -0.2) is 19.5 Å². The molecule has 94 valence electrons. The minimum atomic E-state index is -0.0105. The minimum Gasteiger partial charge on any atom is -0.388 e. The van der Waals surface area contributed by atoms with Gasteiger partial charge in [0.1, 0.15) is 0 Å². The van der Waals surface area contributed by atoms with Crippen LogP contribution in [0.4, 0.5) is 5.69 Å². The molecule has 17 heavy (non-hydrogen) atoms. The van der Waals surface area contributed by atoms with Gasteiger partial charge >= 0.3 is 0 Å². The fraction of sp³-hybridized carbons (Fsp3) is 0.500. The van der Waals surface area contributed by atoms with Gasteiger partial charge in [-0.2, -0.15) is 0 Å². The van der Waals surface area contributed by atoms with E-state index in [0.29, 0.717) is 12.1 Å². The van der Waals surface area contributed by atoms with E-state index in [1.165, 1.54) is 0 Å². The first kappa shape index (κ1) is 13.6. The van der Waals surface area contributed by atoms with Gasteiger partial charge in [-0.1, -0.05) is 26.8 Å². The summed E-state index contributed by atoms with van der Waals surface area (Å²) in [5.74, 6) is -0.0105. The van der Waals surface area contributed by atoms with Crippen LogP contribution in [0.5, 0.6) is 0 Å². The first-order valence-corrected chi connectivity index (χ1v) is 6.04. The average molecular weight is 234 g/mol. The van der Waals surface area contributed by atoms with Gasteiger partial charge in [0, 0.05) is 24.8 Å². The van der Waals surface area contributed by atoms with Crippen molar-refractivity contribution in [2.24, 2.45) is 5.41 Å². The monoisotopic (exact) mass is 234 g/mol. The number of hydrogen-bond acceptors (Lipinski definition) is 2. The number of carbonyl (C=O) groups excluding carboxylic acids is 1. The molecule has 2 N–H and O–H groups in total. The van der Waals surface area contributed by atoms with E-state index in [9.17, 15) is 4.79 Å². The van der Waals surface area contributed by atoms with Gasteiger partial charge < -0.3 is 10.6 Å². The summed E-state index contributed by atoms with van der Waals surface area (Å²) in [6.45, 7) is 7.13. The van der Waals surface area contributed by atoms with Gasteiger partial charge in [-0.3, -0.25) is 4.79 Å².